The van der Waals surface area contributed by atoms with Gasteiger partial charge in [-0.15, -0.1) is 0 Å². The van der Waals surface area contributed by atoms with E-state index in [9.17, 15) is 0 Å². The van der Waals surface area contributed by atoms with E-state index in [0.717, 1.165) is 12.8 Å². The Balaban J connectivity index is 1.24. The molecule has 0 aliphatic heterocycles. The molecule has 0 fully saturated rings. The van der Waals surface area contributed by atoms with Crippen LogP contribution in [0, 0.1) is 0 Å². The predicted octanol–water partition coefficient (Wildman–Crippen LogP) is 6.59. The molecule has 0 saturated carbocycles. The predicted molar refractivity (Wildman–Crippen MR) is 120 cm³/mol. The molecule has 4 aromatic rings. The van der Waals surface area contributed by atoms with E-state index in [2.05, 4.69) is 109 Å². The van der Waals surface area contributed by atoms with Crippen LogP contribution in [0.25, 0.3) is 0 Å². The van der Waals surface area contributed by atoms with Crippen LogP contribution in [0.5, 0.6) is 0 Å². The Morgan fingerprint density at radius 3 is 1.03 bits per heavy atom. The molecular formula is C28H26O. The maximum Gasteiger partial charge on any atom is 0.0721 e. The van der Waals surface area contributed by atoms with Gasteiger partial charge in [-0.3, -0.25) is 0 Å². The van der Waals surface area contributed by atoms with E-state index in [1.165, 1.54) is 33.4 Å². The van der Waals surface area contributed by atoms with Crippen LogP contribution < -0.4 is 0 Å². The molecule has 4 aromatic carbocycles. The van der Waals surface area contributed by atoms with Crippen molar-refractivity contribution in [3.8, 4) is 0 Å². The van der Waals surface area contributed by atoms with E-state index in [0.29, 0.717) is 13.2 Å². The second kappa shape index (κ2) is 9.86. The molecule has 0 unspecified atom stereocenters. The van der Waals surface area contributed by atoms with Crippen LogP contribution in [0.2, 0.25) is 0 Å². The summed E-state index contributed by atoms with van der Waals surface area (Å²) in [7, 11) is 0. The van der Waals surface area contributed by atoms with Crippen molar-refractivity contribution in [3.05, 3.63) is 143 Å². The standard InChI is InChI=1S/C28H26O/c1-3-7-23(8-4-1)19-25-11-15-27(16-12-25)21-29-22-28-17-13-26(14-18-28)20-24-9-5-2-6-10-24/h1-18H,19-22H2. The highest BCUT2D eigenvalue weighted by Gasteiger charge is 2.00. The van der Waals surface area contributed by atoms with Crippen molar-refractivity contribution in [2.75, 3.05) is 0 Å². The second-order valence-corrected chi connectivity index (χ2v) is 7.45. The zero-order chi connectivity index (χ0) is 19.7. The Morgan fingerprint density at radius 1 is 0.345 bits per heavy atom. The van der Waals surface area contributed by atoms with E-state index >= 15 is 0 Å². The van der Waals surface area contributed by atoms with Gasteiger partial charge in [-0.25, -0.2) is 0 Å². The van der Waals surface area contributed by atoms with E-state index in [4.69, 9.17) is 4.74 Å². The lowest BCUT2D eigenvalue weighted by atomic mass is 10.0. The molecule has 4 rings (SSSR count). The highest BCUT2D eigenvalue weighted by atomic mass is 16.5. The van der Waals surface area contributed by atoms with Crippen LogP contribution in [0.15, 0.2) is 109 Å². The monoisotopic (exact) mass is 378 g/mol. The highest BCUT2D eigenvalue weighted by Crippen LogP contribution is 2.14. The number of ether oxygens (including phenoxy) is 1. The minimum atomic E-state index is 0.636. The van der Waals surface area contributed by atoms with Crippen LogP contribution in [0.4, 0.5) is 0 Å². The van der Waals surface area contributed by atoms with Gasteiger partial charge in [-0.2, -0.15) is 0 Å². The lowest BCUT2D eigenvalue weighted by Gasteiger charge is -2.08. The van der Waals surface area contributed by atoms with E-state index in [-0.39, 0.29) is 0 Å². The molecule has 1 heteroatoms. The third kappa shape index (κ3) is 5.91. The molecule has 0 radical (unpaired) electrons. The van der Waals surface area contributed by atoms with Gasteiger partial charge in [0.05, 0.1) is 13.2 Å². The lowest BCUT2D eigenvalue weighted by molar-refractivity contribution is 0.107. The largest absolute Gasteiger partial charge is 0.372 e. The highest BCUT2D eigenvalue weighted by molar-refractivity contribution is 5.30. The average Bonchev–Trinajstić information content (AvgIpc) is 2.78. The SMILES string of the molecule is c1ccc(Cc2ccc(COCc3ccc(Cc4ccccc4)cc3)cc2)cc1. The first-order chi connectivity index (χ1) is 14.3. The Morgan fingerprint density at radius 2 is 0.655 bits per heavy atom. The molecule has 0 aliphatic carbocycles. The van der Waals surface area contributed by atoms with Gasteiger partial charge in [0.25, 0.3) is 0 Å². The summed E-state index contributed by atoms with van der Waals surface area (Å²) >= 11 is 0. The van der Waals surface area contributed by atoms with E-state index in [1.807, 2.05) is 0 Å². The van der Waals surface area contributed by atoms with Crippen LogP contribution >= 0.6 is 0 Å². The van der Waals surface area contributed by atoms with Crippen molar-refractivity contribution in [2.45, 2.75) is 26.1 Å². The zero-order valence-corrected chi connectivity index (χ0v) is 16.6. The summed E-state index contributed by atoms with van der Waals surface area (Å²) in [5, 5.41) is 0. The molecule has 0 saturated heterocycles. The molecule has 0 aliphatic rings. The topological polar surface area (TPSA) is 9.23 Å². The number of hydrogen-bond acceptors (Lipinski definition) is 1. The normalized spacial score (nSPS) is 10.8. The first kappa shape index (κ1) is 19.2. The second-order valence-electron chi connectivity index (χ2n) is 7.45. The molecule has 29 heavy (non-hydrogen) atoms. The van der Waals surface area contributed by atoms with Gasteiger partial charge in [0.2, 0.25) is 0 Å². The summed E-state index contributed by atoms with van der Waals surface area (Å²) in [5.74, 6) is 0. The molecule has 0 amide bonds. The number of rotatable bonds is 8. The van der Waals surface area contributed by atoms with Gasteiger partial charge in [-0.1, -0.05) is 109 Å². The fourth-order valence-corrected chi connectivity index (χ4v) is 3.46. The van der Waals surface area contributed by atoms with E-state index < -0.39 is 0 Å². The number of benzene rings is 4. The minimum absolute atomic E-state index is 0.636. The third-order valence-electron chi connectivity index (χ3n) is 5.09. The maximum atomic E-state index is 5.92. The van der Waals surface area contributed by atoms with Gasteiger partial charge >= 0.3 is 0 Å². The summed E-state index contributed by atoms with van der Waals surface area (Å²) < 4.78 is 5.92. The van der Waals surface area contributed by atoms with Crippen molar-refractivity contribution >= 4 is 0 Å². The Hall–Kier alpha value is -3.16. The fourth-order valence-electron chi connectivity index (χ4n) is 3.46. The van der Waals surface area contributed by atoms with Crippen molar-refractivity contribution in [1.29, 1.82) is 0 Å². The molecule has 0 atom stereocenters. The summed E-state index contributed by atoms with van der Waals surface area (Å²) in [5.41, 5.74) is 7.76. The summed E-state index contributed by atoms with van der Waals surface area (Å²) in [6.45, 7) is 1.27. The number of hydrogen-bond donors (Lipinski definition) is 0. The Labute approximate surface area is 173 Å². The Kier molecular flexibility index (Phi) is 6.52. The summed E-state index contributed by atoms with van der Waals surface area (Å²) in [6.07, 6.45) is 1.94. The fraction of sp³-hybridized carbons (Fsp3) is 0.143. The molecule has 0 spiro atoms. The lowest BCUT2D eigenvalue weighted by Crippen LogP contribution is -1.96. The minimum Gasteiger partial charge on any atom is -0.372 e. The van der Waals surface area contributed by atoms with Crippen molar-refractivity contribution < 1.29 is 4.74 Å². The molecular weight excluding hydrogens is 352 g/mol. The quantitative estimate of drug-likeness (QED) is 0.336. The first-order valence-corrected chi connectivity index (χ1v) is 10.2. The summed E-state index contributed by atoms with van der Waals surface area (Å²) in [6, 6.07) is 38.6. The van der Waals surface area contributed by atoms with Gasteiger partial charge in [-0.05, 0) is 46.2 Å². The molecule has 0 bridgehead atoms. The van der Waals surface area contributed by atoms with Crippen LogP contribution in [-0.2, 0) is 30.8 Å². The van der Waals surface area contributed by atoms with Crippen LogP contribution in [-0.4, -0.2) is 0 Å². The average molecular weight is 379 g/mol. The smallest absolute Gasteiger partial charge is 0.0721 e. The van der Waals surface area contributed by atoms with Crippen LogP contribution in [0.1, 0.15) is 33.4 Å². The van der Waals surface area contributed by atoms with E-state index in [1.54, 1.807) is 0 Å². The third-order valence-corrected chi connectivity index (χ3v) is 5.09. The zero-order valence-electron chi connectivity index (χ0n) is 16.6. The molecule has 1 nitrogen and oxygen atoms in total. The van der Waals surface area contributed by atoms with Crippen molar-refractivity contribution in [3.63, 3.8) is 0 Å². The maximum absolute atomic E-state index is 5.92. The molecule has 0 aromatic heterocycles. The van der Waals surface area contributed by atoms with Crippen molar-refractivity contribution in [2.24, 2.45) is 0 Å². The summed E-state index contributed by atoms with van der Waals surface area (Å²) in [4.78, 5) is 0. The van der Waals surface area contributed by atoms with Crippen molar-refractivity contribution in [1.82, 2.24) is 0 Å². The first-order valence-electron chi connectivity index (χ1n) is 10.2. The molecule has 0 heterocycles. The Bertz CT molecular complexity index is 903. The van der Waals surface area contributed by atoms with Gasteiger partial charge in [0.15, 0.2) is 0 Å². The van der Waals surface area contributed by atoms with Crippen LogP contribution in [0.3, 0.4) is 0 Å². The van der Waals surface area contributed by atoms with Gasteiger partial charge in [0, 0.05) is 0 Å². The molecule has 144 valence electrons. The van der Waals surface area contributed by atoms with Gasteiger partial charge < -0.3 is 4.74 Å². The molecule has 0 N–H and O–H groups in total. The van der Waals surface area contributed by atoms with Gasteiger partial charge in [0.1, 0.15) is 0 Å².